The lowest BCUT2D eigenvalue weighted by Gasteiger charge is -2.02. The molecule has 3 N–H and O–H groups in total. The van der Waals surface area contributed by atoms with Gasteiger partial charge in [-0.2, -0.15) is 0 Å². The van der Waals surface area contributed by atoms with Gasteiger partial charge < -0.3 is 10.9 Å². The van der Waals surface area contributed by atoms with Gasteiger partial charge in [-0.05, 0) is 24.1 Å². The first kappa shape index (κ1) is 11.7. The normalized spacial score (nSPS) is 11.7. The Bertz CT molecular complexity index is 317. The molecule has 82 valence electrons. The van der Waals surface area contributed by atoms with Crippen molar-refractivity contribution in [1.29, 1.82) is 0 Å². The quantitative estimate of drug-likeness (QED) is 0.423. The monoisotopic (exact) mass is 206 g/mol. The fourth-order valence-corrected chi connectivity index (χ4v) is 1.45. The van der Waals surface area contributed by atoms with Crippen LogP contribution in [-0.2, 0) is 6.54 Å². The highest BCUT2D eigenvalue weighted by atomic mass is 16.4. The molecule has 1 aromatic carbocycles. The summed E-state index contributed by atoms with van der Waals surface area (Å²) >= 11 is 0. The maximum atomic E-state index is 10.8. The second-order valence-electron chi connectivity index (χ2n) is 3.59. The van der Waals surface area contributed by atoms with Gasteiger partial charge in [-0.1, -0.05) is 25.5 Å². The molecule has 15 heavy (non-hydrogen) atoms. The van der Waals surface area contributed by atoms with E-state index < -0.39 is 0 Å². The van der Waals surface area contributed by atoms with Crippen LogP contribution in [0, 0.1) is 5.21 Å². The van der Waals surface area contributed by atoms with Crippen LogP contribution in [-0.4, -0.2) is 5.71 Å². The molecule has 0 fully saturated rings. The van der Waals surface area contributed by atoms with Crippen LogP contribution in [0.2, 0.25) is 0 Å². The molecule has 0 aliphatic heterocycles. The summed E-state index contributed by atoms with van der Waals surface area (Å²) in [6.07, 6.45) is 2.93. The van der Waals surface area contributed by atoms with Gasteiger partial charge in [0.25, 0.3) is 0 Å². The summed E-state index contributed by atoms with van der Waals surface area (Å²) in [6, 6.07) is 7.80. The van der Waals surface area contributed by atoms with Crippen LogP contribution in [0.1, 0.15) is 37.3 Å². The number of rotatable bonds is 5. The molecule has 3 nitrogen and oxygen atoms in total. The summed E-state index contributed by atoms with van der Waals surface area (Å²) in [5, 5.41) is 12.8. The maximum Gasteiger partial charge on any atom is 0.192 e. The van der Waals surface area contributed by atoms with E-state index in [2.05, 4.69) is 6.92 Å². The SMILES string of the molecule is CCCCC(=[NH+][O-])c1ccc(CN)cc1. The highest BCUT2D eigenvalue weighted by Gasteiger charge is 2.06. The zero-order chi connectivity index (χ0) is 11.1. The lowest BCUT2D eigenvalue weighted by atomic mass is 10.0. The van der Waals surface area contributed by atoms with E-state index in [4.69, 9.17) is 5.73 Å². The molecule has 0 aliphatic carbocycles. The fraction of sp³-hybridized carbons (Fsp3) is 0.417. The third-order valence-electron chi connectivity index (χ3n) is 2.44. The van der Waals surface area contributed by atoms with Crippen LogP contribution in [0.5, 0.6) is 0 Å². The van der Waals surface area contributed by atoms with Gasteiger partial charge in [0, 0.05) is 18.5 Å². The zero-order valence-corrected chi connectivity index (χ0v) is 9.12. The largest absolute Gasteiger partial charge is 0.625 e. The molecule has 1 aromatic rings. The van der Waals surface area contributed by atoms with Crippen molar-refractivity contribution < 1.29 is 5.16 Å². The average Bonchev–Trinajstić information content (AvgIpc) is 2.31. The summed E-state index contributed by atoms with van der Waals surface area (Å²) in [6.45, 7) is 2.65. The van der Waals surface area contributed by atoms with Crippen molar-refractivity contribution >= 4 is 5.71 Å². The Labute approximate surface area is 90.6 Å². The number of unbranched alkanes of at least 4 members (excludes halogenated alkanes) is 1. The summed E-state index contributed by atoms with van der Waals surface area (Å²) < 4.78 is 0. The molecular formula is C12H18N2O. The number of nitrogens with one attached hydrogen (secondary N) is 1. The van der Waals surface area contributed by atoms with Crippen molar-refractivity contribution in [3.63, 3.8) is 0 Å². The van der Waals surface area contributed by atoms with Gasteiger partial charge in [-0.3, -0.25) is 0 Å². The van der Waals surface area contributed by atoms with E-state index in [0.29, 0.717) is 6.54 Å². The smallest absolute Gasteiger partial charge is 0.192 e. The Morgan fingerprint density at radius 2 is 2.00 bits per heavy atom. The summed E-state index contributed by atoms with van der Waals surface area (Å²) in [4.78, 5) is 0. The molecule has 0 spiro atoms. The Morgan fingerprint density at radius 1 is 1.33 bits per heavy atom. The van der Waals surface area contributed by atoms with E-state index in [1.807, 2.05) is 29.4 Å². The van der Waals surface area contributed by atoms with E-state index in [9.17, 15) is 5.21 Å². The molecule has 0 bridgehead atoms. The number of benzene rings is 1. The van der Waals surface area contributed by atoms with Gasteiger partial charge in [0.2, 0.25) is 0 Å². The molecular weight excluding hydrogens is 188 g/mol. The molecule has 0 saturated carbocycles. The van der Waals surface area contributed by atoms with Gasteiger partial charge in [0.05, 0.1) is 0 Å². The van der Waals surface area contributed by atoms with E-state index in [0.717, 1.165) is 36.1 Å². The van der Waals surface area contributed by atoms with Crippen LogP contribution in [0.15, 0.2) is 24.3 Å². The highest BCUT2D eigenvalue weighted by Crippen LogP contribution is 2.07. The highest BCUT2D eigenvalue weighted by molar-refractivity contribution is 5.96. The van der Waals surface area contributed by atoms with Crippen molar-refractivity contribution in [2.24, 2.45) is 5.73 Å². The number of nitrogens with two attached hydrogens (primary N) is 1. The first-order valence-electron chi connectivity index (χ1n) is 5.35. The summed E-state index contributed by atoms with van der Waals surface area (Å²) in [7, 11) is 0. The van der Waals surface area contributed by atoms with Crippen molar-refractivity contribution in [2.75, 3.05) is 0 Å². The van der Waals surface area contributed by atoms with E-state index in [1.54, 1.807) is 0 Å². The van der Waals surface area contributed by atoms with Gasteiger partial charge in [0.15, 0.2) is 5.71 Å². The minimum atomic E-state index is 0.537. The standard InChI is InChI=1S/C12H18N2O/c1-2-3-4-12(14-15)11-7-5-10(9-13)6-8-11/h5-8,14H,2-4,9,13H2,1H3. The van der Waals surface area contributed by atoms with Crippen LogP contribution < -0.4 is 10.9 Å². The molecule has 1 rings (SSSR count). The average molecular weight is 206 g/mol. The summed E-state index contributed by atoms with van der Waals surface area (Å²) in [5.74, 6) is 0. The van der Waals surface area contributed by atoms with Gasteiger partial charge >= 0.3 is 0 Å². The molecule has 0 amide bonds. The molecule has 0 atom stereocenters. The van der Waals surface area contributed by atoms with Crippen LogP contribution in [0.3, 0.4) is 0 Å². The second-order valence-corrected chi connectivity index (χ2v) is 3.59. The van der Waals surface area contributed by atoms with Crippen LogP contribution in [0.25, 0.3) is 0 Å². The van der Waals surface area contributed by atoms with Crippen molar-refractivity contribution in [3.8, 4) is 0 Å². The first-order valence-corrected chi connectivity index (χ1v) is 5.35. The number of hydrogen-bond acceptors (Lipinski definition) is 2. The fourth-order valence-electron chi connectivity index (χ4n) is 1.45. The third kappa shape index (κ3) is 3.36. The van der Waals surface area contributed by atoms with Crippen LogP contribution in [0.4, 0.5) is 0 Å². The minimum absolute atomic E-state index is 0.537. The van der Waals surface area contributed by atoms with E-state index >= 15 is 0 Å². The Balaban J connectivity index is 2.75. The Morgan fingerprint density at radius 3 is 2.47 bits per heavy atom. The number of hydrogen-bond donors (Lipinski definition) is 2. The predicted octanol–water partition coefficient (Wildman–Crippen LogP) is 0.703. The van der Waals surface area contributed by atoms with E-state index in [1.165, 1.54) is 0 Å². The van der Waals surface area contributed by atoms with Crippen LogP contribution >= 0.6 is 0 Å². The van der Waals surface area contributed by atoms with Gasteiger partial charge in [-0.25, -0.2) is 5.16 Å². The molecule has 0 aromatic heterocycles. The van der Waals surface area contributed by atoms with Crippen molar-refractivity contribution in [1.82, 2.24) is 0 Å². The first-order chi connectivity index (χ1) is 7.31. The molecule has 0 aliphatic rings. The Kier molecular flexibility index (Phi) is 4.84. The lowest BCUT2D eigenvalue weighted by Crippen LogP contribution is -2.65. The molecule has 3 heteroatoms. The van der Waals surface area contributed by atoms with Gasteiger partial charge in [-0.15, -0.1) is 0 Å². The van der Waals surface area contributed by atoms with Crippen molar-refractivity contribution in [3.05, 3.63) is 40.6 Å². The third-order valence-corrected chi connectivity index (χ3v) is 2.44. The topological polar surface area (TPSA) is 63.0 Å². The molecule has 0 heterocycles. The second kappa shape index (κ2) is 6.19. The Hall–Kier alpha value is -1.35. The van der Waals surface area contributed by atoms with Gasteiger partial charge in [0.1, 0.15) is 0 Å². The lowest BCUT2D eigenvalue weighted by molar-refractivity contribution is -0.374. The minimum Gasteiger partial charge on any atom is -0.625 e. The molecule has 0 saturated heterocycles. The maximum absolute atomic E-state index is 10.8. The zero-order valence-electron chi connectivity index (χ0n) is 9.12. The van der Waals surface area contributed by atoms with Crippen molar-refractivity contribution in [2.45, 2.75) is 32.7 Å². The molecule has 0 unspecified atom stereocenters. The molecule has 0 radical (unpaired) electrons. The van der Waals surface area contributed by atoms with E-state index in [-0.39, 0.29) is 0 Å². The summed E-state index contributed by atoms with van der Waals surface area (Å²) in [5.41, 5.74) is 8.32. The predicted molar refractivity (Wildman–Crippen MR) is 62.3 cm³/mol.